The molecule has 1 heterocycles. The Morgan fingerprint density at radius 1 is 1.15 bits per heavy atom. The third-order valence-corrected chi connectivity index (χ3v) is 7.89. The van der Waals surface area contributed by atoms with E-state index in [-0.39, 0.29) is 5.25 Å². The van der Waals surface area contributed by atoms with Crippen molar-refractivity contribution in [2.45, 2.75) is 23.5 Å². The number of hydrogen-bond acceptors (Lipinski definition) is 4. The van der Waals surface area contributed by atoms with Crippen LogP contribution in [0.2, 0.25) is 5.02 Å². The summed E-state index contributed by atoms with van der Waals surface area (Å²) in [6, 6.07) is 14.4. The van der Waals surface area contributed by atoms with Crippen LogP contribution >= 0.6 is 23.4 Å². The second-order valence-electron chi connectivity index (χ2n) is 5.98. The first-order chi connectivity index (χ1) is 12.5. The number of benzene rings is 2. The Hall–Kier alpha value is -1.21. The molecule has 0 aromatic heterocycles. The van der Waals surface area contributed by atoms with Gasteiger partial charge in [-0.1, -0.05) is 29.8 Å². The number of thioether (sulfide) groups is 1. The molecule has 7 heteroatoms. The lowest BCUT2D eigenvalue weighted by atomic mass is 10.1. The van der Waals surface area contributed by atoms with Crippen molar-refractivity contribution in [3.63, 3.8) is 0 Å². The molecular weight excluding hydrogens is 390 g/mol. The van der Waals surface area contributed by atoms with Crippen molar-refractivity contribution in [2.24, 2.45) is 0 Å². The molecule has 2 aromatic carbocycles. The van der Waals surface area contributed by atoms with E-state index >= 15 is 0 Å². The van der Waals surface area contributed by atoms with Crippen LogP contribution in [0.25, 0.3) is 0 Å². The lowest BCUT2D eigenvalue weighted by molar-refractivity contribution is 0.340. The predicted molar refractivity (Wildman–Crippen MR) is 108 cm³/mol. The molecule has 2 aromatic rings. The van der Waals surface area contributed by atoms with Gasteiger partial charge < -0.3 is 4.74 Å². The minimum absolute atomic E-state index is 0.212. The summed E-state index contributed by atoms with van der Waals surface area (Å²) in [6.07, 6.45) is 0.741. The largest absolute Gasteiger partial charge is 0.494 e. The Kier molecular flexibility index (Phi) is 6.51. The Morgan fingerprint density at radius 3 is 2.58 bits per heavy atom. The number of rotatable bonds is 5. The molecule has 0 amide bonds. The quantitative estimate of drug-likeness (QED) is 0.720. The first-order valence-electron chi connectivity index (χ1n) is 8.61. The molecule has 0 N–H and O–H groups in total. The molecule has 1 aliphatic heterocycles. The van der Waals surface area contributed by atoms with Gasteiger partial charge in [-0.15, -0.1) is 0 Å². The minimum Gasteiger partial charge on any atom is -0.494 e. The van der Waals surface area contributed by atoms with E-state index in [1.165, 1.54) is 0 Å². The van der Waals surface area contributed by atoms with Gasteiger partial charge in [0.05, 0.1) is 11.5 Å². The number of sulfonamides is 1. The average Bonchev–Trinajstić information content (AvgIpc) is 2.89. The molecule has 3 rings (SSSR count). The molecular formula is C19H22ClNO3S2. The summed E-state index contributed by atoms with van der Waals surface area (Å²) < 4.78 is 32.9. The molecule has 0 saturated carbocycles. The first-order valence-corrected chi connectivity index (χ1v) is 11.5. The van der Waals surface area contributed by atoms with Gasteiger partial charge in [0.15, 0.2) is 0 Å². The van der Waals surface area contributed by atoms with Crippen LogP contribution in [0.1, 0.15) is 24.2 Å². The molecule has 1 unspecified atom stereocenters. The van der Waals surface area contributed by atoms with Gasteiger partial charge >= 0.3 is 0 Å². The highest BCUT2D eigenvalue weighted by Gasteiger charge is 2.29. The highest BCUT2D eigenvalue weighted by Crippen LogP contribution is 2.38. The van der Waals surface area contributed by atoms with E-state index in [0.717, 1.165) is 22.8 Å². The highest BCUT2D eigenvalue weighted by atomic mass is 35.5. The second kappa shape index (κ2) is 8.65. The van der Waals surface area contributed by atoms with Gasteiger partial charge in [-0.3, -0.25) is 0 Å². The van der Waals surface area contributed by atoms with Crippen molar-refractivity contribution >= 4 is 33.4 Å². The van der Waals surface area contributed by atoms with Crippen LogP contribution in [0, 0.1) is 0 Å². The van der Waals surface area contributed by atoms with Gasteiger partial charge in [0, 0.05) is 29.1 Å². The van der Waals surface area contributed by atoms with Crippen molar-refractivity contribution in [2.75, 3.05) is 25.4 Å². The molecule has 4 nitrogen and oxygen atoms in total. The third kappa shape index (κ3) is 4.36. The summed E-state index contributed by atoms with van der Waals surface area (Å²) >= 11 is 8.08. The van der Waals surface area contributed by atoms with Crippen LogP contribution in [0.5, 0.6) is 5.75 Å². The van der Waals surface area contributed by atoms with E-state index in [1.807, 2.05) is 31.2 Å². The molecule has 1 fully saturated rings. The molecule has 0 aliphatic carbocycles. The van der Waals surface area contributed by atoms with Crippen molar-refractivity contribution in [1.29, 1.82) is 0 Å². The van der Waals surface area contributed by atoms with E-state index in [4.69, 9.17) is 16.3 Å². The fourth-order valence-corrected chi connectivity index (χ4v) is 6.17. The average molecular weight is 412 g/mol. The normalized spacial score (nSPS) is 19.1. The van der Waals surface area contributed by atoms with Gasteiger partial charge in [-0.05, 0) is 49.2 Å². The molecule has 0 radical (unpaired) electrons. The summed E-state index contributed by atoms with van der Waals surface area (Å²) in [5.74, 6) is 1.42. The molecule has 0 bridgehead atoms. The third-order valence-electron chi connectivity index (χ3n) is 4.33. The maximum atomic E-state index is 13.0. The van der Waals surface area contributed by atoms with Gasteiger partial charge in [-0.25, -0.2) is 8.42 Å². The Labute approximate surface area is 164 Å². The monoisotopic (exact) mass is 411 g/mol. The lowest BCUT2D eigenvalue weighted by Crippen LogP contribution is -2.33. The second-order valence-corrected chi connectivity index (χ2v) is 9.63. The number of ether oxygens (including phenoxy) is 1. The number of hydrogen-bond donors (Lipinski definition) is 0. The molecule has 1 saturated heterocycles. The summed E-state index contributed by atoms with van der Waals surface area (Å²) in [4.78, 5) is 0.308. The van der Waals surface area contributed by atoms with Crippen LogP contribution < -0.4 is 4.74 Å². The number of halogens is 1. The zero-order valence-electron chi connectivity index (χ0n) is 14.6. The van der Waals surface area contributed by atoms with Gasteiger partial charge in [0.2, 0.25) is 10.0 Å². The Bertz CT molecular complexity index is 840. The zero-order valence-corrected chi connectivity index (χ0v) is 17.0. The van der Waals surface area contributed by atoms with E-state index < -0.39 is 10.0 Å². The molecule has 26 heavy (non-hydrogen) atoms. The number of nitrogens with zero attached hydrogens (tertiary/aromatic N) is 1. The Balaban J connectivity index is 1.74. The standard InChI is InChI=1S/C19H22ClNO3S2/c1-2-24-15-7-9-16(10-8-15)26(22,23)21-12-11-19(25-14-13-21)17-5-3-4-6-18(17)20/h3-10,19H,2,11-14H2,1H3. The van der Waals surface area contributed by atoms with E-state index in [0.29, 0.717) is 30.3 Å². The Morgan fingerprint density at radius 2 is 1.88 bits per heavy atom. The fraction of sp³-hybridized carbons (Fsp3) is 0.368. The van der Waals surface area contributed by atoms with Crippen molar-refractivity contribution in [3.8, 4) is 5.75 Å². The summed E-state index contributed by atoms with van der Waals surface area (Å²) in [5, 5.41) is 0.956. The van der Waals surface area contributed by atoms with E-state index in [1.54, 1.807) is 40.3 Å². The van der Waals surface area contributed by atoms with Crippen molar-refractivity contribution in [1.82, 2.24) is 4.31 Å². The topological polar surface area (TPSA) is 46.6 Å². The highest BCUT2D eigenvalue weighted by molar-refractivity contribution is 7.99. The van der Waals surface area contributed by atoms with Crippen LogP contribution in [0.15, 0.2) is 53.4 Å². The van der Waals surface area contributed by atoms with Crippen LogP contribution in [-0.2, 0) is 10.0 Å². The maximum absolute atomic E-state index is 13.0. The summed E-state index contributed by atoms with van der Waals surface area (Å²) in [5.41, 5.74) is 1.08. The minimum atomic E-state index is -3.50. The van der Waals surface area contributed by atoms with Crippen molar-refractivity contribution in [3.05, 3.63) is 59.1 Å². The maximum Gasteiger partial charge on any atom is 0.243 e. The van der Waals surface area contributed by atoms with E-state index in [2.05, 4.69) is 0 Å². The van der Waals surface area contributed by atoms with Gasteiger partial charge in [-0.2, -0.15) is 16.1 Å². The predicted octanol–water partition coefficient (Wildman–Crippen LogP) is 4.61. The van der Waals surface area contributed by atoms with Gasteiger partial charge in [0.1, 0.15) is 5.75 Å². The lowest BCUT2D eigenvalue weighted by Gasteiger charge is -2.20. The SMILES string of the molecule is CCOc1ccc(S(=O)(=O)N2CCSC(c3ccccc3Cl)CC2)cc1. The summed E-state index contributed by atoms with van der Waals surface area (Å²) in [6.45, 7) is 3.44. The zero-order chi connectivity index (χ0) is 18.6. The summed E-state index contributed by atoms with van der Waals surface area (Å²) in [7, 11) is -3.50. The van der Waals surface area contributed by atoms with Crippen LogP contribution in [-0.4, -0.2) is 38.2 Å². The van der Waals surface area contributed by atoms with E-state index in [9.17, 15) is 8.42 Å². The smallest absolute Gasteiger partial charge is 0.243 e. The molecule has 0 spiro atoms. The van der Waals surface area contributed by atoms with Crippen LogP contribution in [0.3, 0.4) is 0 Å². The van der Waals surface area contributed by atoms with Crippen molar-refractivity contribution < 1.29 is 13.2 Å². The van der Waals surface area contributed by atoms with Gasteiger partial charge in [0.25, 0.3) is 0 Å². The first kappa shape index (κ1) is 19.5. The fourth-order valence-electron chi connectivity index (χ4n) is 3.00. The molecule has 1 aliphatic rings. The molecule has 1 atom stereocenters. The van der Waals surface area contributed by atoms with Crippen LogP contribution in [0.4, 0.5) is 0 Å². The molecule has 140 valence electrons.